The van der Waals surface area contributed by atoms with Crippen LogP contribution in [0.4, 0.5) is 0 Å². The van der Waals surface area contributed by atoms with Gasteiger partial charge in [0.15, 0.2) is 0 Å². The van der Waals surface area contributed by atoms with Crippen LogP contribution >= 0.6 is 0 Å². The second-order valence-corrected chi connectivity index (χ2v) is 7.65. The van der Waals surface area contributed by atoms with Crippen LogP contribution in [0.3, 0.4) is 0 Å². The molecule has 0 saturated carbocycles. The van der Waals surface area contributed by atoms with Gasteiger partial charge in [0, 0.05) is 0 Å². The summed E-state index contributed by atoms with van der Waals surface area (Å²) in [5.74, 6) is 0. The molecular formula is C17H36N3Nb-3. The van der Waals surface area contributed by atoms with Gasteiger partial charge < -0.3 is 18.1 Å². The van der Waals surface area contributed by atoms with Gasteiger partial charge in [-0.3, -0.25) is 0 Å². The van der Waals surface area contributed by atoms with Crippen LogP contribution in [0.2, 0.25) is 0 Å². The fourth-order valence-electron chi connectivity index (χ4n) is 0.653. The fourth-order valence-corrected chi connectivity index (χ4v) is 0.653. The Morgan fingerprint density at radius 3 is 1.19 bits per heavy atom. The standard InChI is InChI=1S/C12H24N2.C4H9N.CH3.Nb/c1-7-11(3,4)13-9-10-14-12(5,6)8-2;1-4(2,3)5;;/h9-10H,7-8H2,1-6H3;1-3H3;1H3;/q-2;;-1;/b10-9-;;;. The van der Waals surface area contributed by atoms with E-state index >= 15 is 0 Å². The summed E-state index contributed by atoms with van der Waals surface area (Å²) in [6.45, 7) is 19.1. The zero-order valence-corrected chi connectivity index (χ0v) is 18.1. The van der Waals surface area contributed by atoms with Crippen LogP contribution in [-0.2, 0) is 20.9 Å². The number of nitrogens with zero attached hydrogens (tertiary/aromatic N) is 3. The van der Waals surface area contributed by atoms with Gasteiger partial charge in [0.05, 0.1) is 0 Å². The molecule has 0 aromatic heterocycles. The van der Waals surface area contributed by atoms with E-state index in [2.05, 4.69) is 76.3 Å². The molecule has 0 aliphatic carbocycles. The SMILES string of the molecule is CC(C)(C)[N]=[Nb].CCC(C)(C)[N-]/C=C\[N-]C(C)(C)CC.[CH3-]. The molecule has 4 heteroatoms. The smallest absolute Gasteiger partial charge is 0.0663 e. The summed E-state index contributed by atoms with van der Waals surface area (Å²) >= 11 is 1.52. The Labute approximate surface area is 146 Å². The van der Waals surface area contributed by atoms with Gasteiger partial charge >= 0.3 is 50.5 Å². The molecule has 21 heavy (non-hydrogen) atoms. The quantitative estimate of drug-likeness (QED) is 0.373. The van der Waals surface area contributed by atoms with Crippen molar-refractivity contribution >= 4 is 0 Å². The largest absolute Gasteiger partial charge is 0.687 e. The topological polar surface area (TPSA) is 40.6 Å². The molecule has 0 N–H and O–H groups in total. The molecule has 0 heterocycles. The van der Waals surface area contributed by atoms with Crippen molar-refractivity contribution in [3.8, 4) is 0 Å². The van der Waals surface area contributed by atoms with Crippen LogP contribution in [0.1, 0.15) is 75.2 Å². The van der Waals surface area contributed by atoms with Gasteiger partial charge in [0.1, 0.15) is 0 Å². The molecule has 0 amide bonds. The molecule has 3 nitrogen and oxygen atoms in total. The molecule has 0 spiro atoms. The van der Waals surface area contributed by atoms with E-state index < -0.39 is 0 Å². The minimum atomic E-state index is 0. The third kappa shape index (κ3) is 19.9. The van der Waals surface area contributed by atoms with E-state index in [9.17, 15) is 0 Å². The van der Waals surface area contributed by atoms with Crippen LogP contribution in [-0.4, -0.2) is 16.6 Å². The molecule has 0 aliphatic heterocycles. The summed E-state index contributed by atoms with van der Waals surface area (Å²) in [4.78, 5) is 0. The second-order valence-electron chi connectivity index (χ2n) is 7.16. The molecule has 0 rings (SSSR count). The van der Waals surface area contributed by atoms with Gasteiger partial charge in [-0.1, -0.05) is 54.4 Å². The van der Waals surface area contributed by atoms with Gasteiger partial charge in [-0.15, -0.1) is 11.1 Å². The summed E-state index contributed by atoms with van der Waals surface area (Å²) in [6, 6.07) is 0. The minimum Gasteiger partial charge on any atom is -0.687 e. The third-order valence-corrected chi connectivity index (χ3v) is 4.42. The molecule has 0 atom stereocenters. The minimum absolute atomic E-state index is 0. The number of hydrogen-bond donors (Lipinski definition) is 0. The zero-order chi connectivity index (χ0) is 16.4. The van der Waals surface area contributed by atoms with Crippen molar-refractivity contribution in [3.05, 3.63) is 30.5 Å². The van der Waals surface area contributed by atoms with E-state index in [-0.39, 0.29) is 24.0 Å². The van der Waals surface area contributed by atoms with E-state index in [4.69, 9.17) is 0 Å². The summed E-state index contributed by atoms with van der Waals surface area (Å²) in [5, 5.41) is 8.88. The van der Waals surface area contributed by atoms with Gasteiger partial charge in [0.2, 0.25) is 0 Å². The molecule has 0 radical (unpaired) electrons. The third-order valence-electron chi connectivity index (χ3n) is 2.95. The zero-order valence-electron chi connectivity index (χ0n) is 15.9. The van der Waals surface area contributed by atoms with Crippen LogP contribution in [0.5, 0.6) is 0 Å². The van der Waals surface area contributed by atoms with Crippen molar-refractivity contribution in [3.63, 3.8) is 0 Å². The maximum atomic E-state index is 4.44. The Hall–Kier alpha value is -0.120. The van der Waals surface area contributed by atoms with E-state index in [1.165, 1.54) is 20.9 Å². The first-order valence-corrected chi connectivity index (χ1v) is 8.33. The van der Waals surface area contributed by atoms with Crippen molar-refractivity contribution in [1.29, 1.82) is 0 Å². The second kappa shape index (κ2) is 11.4. The number of hydrogen-bond acceptors (Lipinski definition) is 1. The summed E-state index contributed by atoms with van der Waals surface area (Å²) in [6.07, 6.45) is 5.74. The van der Waals surface area contributed by atoms with Crippen LogP contribution in [0.15, 0.2) is 15.7 Å². The van der Waals surface area contributed by atoms with Crippen LogP contribution in [0.25, 0.3) is 10.6 Å². The average Bonchev–Trinajstić information content (AvgIpc) is 2.35. The molecule has 0 aromatic rings. The van der Waals surface area contributed by atoms with Crippen LogP contribution in [0, 0.1) is 7.43 Å². The van der Waals surface area contributed by atoms with Crippen molar-refractivity contribution in [2.24, 2.45) is 3.34 Å². The first kappa shape index (κ1) is 25.8. The Morgan fingerprint density at radius 2 is 1.05 bits per heavy atom. The Morgan fingerprint density at radius 1 is 0.810 bits per heavy atom. The first-order chi connectivity index (χ1) is 8.89. The van der Waals surface area contributed by atoms with Crippen molar-refractivity contribution in [2.75, 3.05) is 0 Å². The summed E-state index contributed by atoms with van der Waals surface area (Å²) in [5.41, 5.74) is 0.277. The van der Waals surface area contributed by atoms with E-state index in [1.54, 1.807) is 0 Å². The van der Waals surface area contributed by atoms with Crippen LogP contribution < -0.4 is 0 Å². The first-order valence-electron chi connectivity index (χ1n) is 7.34. The molecule has 0 bridgehead atoms. The normalized spacial score (nSPS) is 12.0. The van der Waals surface area contributed by atoms with E-state index in [0.29, 0.717) is 0 Å². The van der Waals surface area contributed by atoms with Crippen molar-refractivity contribution in [1.82, 2.24) is 0 Å². The van der Waals surface area contributed by atoms with Crippen molar-refractivity contribution in [2.45, 2.75) is 91.8 Å². The molecule has 0 unspecified atom stereocenters. The van der Waals surface area contributed by atoms with Gasteiger partial charge in [-0.25, -0.2) is 12.4 Å². The fraction of sp³-hybridized carbons (Fsp3) is 0.824. The summed E-state index contributed by atoms with van der Waals surface area (Å²) in [7, 11) is 0. The van der Waals surface area contributed by atoms with Crippen molar-refractivity contribution < 1.29 is 20.9 Å². The Balaban J connectivity index is -0.000000394. The maximum absolute atomic E-state index is 4.44. The Kier molecular flexibility index (Phi) is 14.1. The molecule has 0 aliphatic rings. The Bertz CT molecular complexity index is 269. The molecular weight excluding hydrogens is 339 g/mol. The number of rotatable bonds is 6. The van der Waals surface area contributed by atoms with Gasteiger partial charge in [0.25, 0.3) is 0 Å². The monoisotopic (exact) mass is 375 g/mol. The molecule has 0 aromatic carbocycles. The predicted octanol–water partition coefficient (Wildman–Crippen LogP) is 6.55. The van der Waals surface area contributed by atoms with Gasteiger partial charge in [-0.05, 0) is 0 Å². The molecule has 0 fully saturated rings. The average molecular weight is 375 g/mol. The molecule has 0 saturated heterocycles. The summed E-state index contributed by atoms with van der Waals surface area (Å²) < 4.78 is 4.07. The van der Waals surface area contributed by atoms with E-state index in [1.807, 2.05) is 12.4 Å². The maximum Gasteiger partial charge on any atom is -0.0663 e. The van der Waals surface area contributed by atoms with Gasteiger partial charge in [-0.2, -0.15) is 0 Å². The molecule has 127 valence electrons. The predicted molar refractivity (Wildman–Crippen MR) is 93.2 cm³/mol. The van der Waals surface area contributed by atoms with E-state index in [0.717, 1.165) is 12.8 Å².